The van der Waals surface area contributed by atoms with Crippen LogP contribution in [0.15, 0.2) is 12.3 Å². The van der Waals surface area contributed by atoms with E-state index in [1.54, 1.807) is 0 Å². The smallest absolute Gasteiger partial charge is 0.155 e. The van der Waals surface area contributed by atoms with Gasteiger partial charge in [-0.1, -0.05) is 53.2 Å². The predicted molar refractivity (Wildman–Crippen MR) is 69.1 cm³/mol. The molecule has 0 aromatic heterocycles. The summed E-state index contributed by atoms with van der Waals surface area (Å²) in [6, 6.07) is 0. The van der Waals surface area contributed by atoms with Gasteiger partial charge in [0.05, 0.1) is 0 Å². The first-order chi connectivity index (χ1) is 6.58. The Morgan fingerprint density at radius 2 is 1.57 bits per heavy atom. The molecule has 84 valence electrons. The second-order valence-corrected chi connectivity index (χ2v) is 8.89. The number of rotatable bonds is 7. The van der Waals surface area contributed by atoms with Gasteiger partial charge < -0.3 is 4.98 Å². The van der Waals surface area contributed by atoms with Gasteiger partial charge in [0.1, 0.15) is 0 Å². The molecule has 2 unspecified atom stereocenters. The summed E-state index contributed by atoms with van der Waals surface area (Å²) in [7, 11) is -1.46. The Balaban J connectivity index is 4.85. The molecule has 0 fully saturated rings. The van der Waals surface area contributed by atoms with Crippen molar-refractivity contribution in [1.29, 1.82) is 0 Å². The highest BCUT2D eigenvalue weighted by Gasteiger charge is 2.38. The Kier molecular flexibility index (Phi) is 6.37. The molecule has 0 saturated heterocycles. The first kappa shape index (κ1) is 13.9. The summed E-state index contributed by atoms with van der Waals surface area (Å²) in [5.41, 5.74) is 3.84. The summed E-state index contributed by atoms with van der Waals surface area (Å²) < 4.78 is 0. The summed E-state index contributed by atoms with van der Waals surface area (Å²) in [4.78, 5) is 3.77. The van der Waals surface area contributed by atoms with Crippen molar-refractivity contribution in [3.63, 3.8) is 0 Å². The number of nitrogens with one attached hydrogen (secondary N) is 1. The third-order valence-corrected chi connectivity index (χ3v) is 9.40. The van der Waals surface area contributed by atoms with Crippen LogP contribution in [0.4, 0.5) is 0 Å². The first-order valence-corrected chi connectivity index (χ1v) is 8.20. The molecule has 0 aliphatic carbocycles. The lowest BCUT2D eigenvalue weighted by Gasteiger charge is -2.39. The van der Waals surface area contributed by atoms with Crippen LogP contribution in [0.5, 0.6) is 0 Å². The monoisotopic (exact) mass is 213 g/mol. The molecule has 0 aromatic carbocycles. The highest BCUT2D eigenvalue weighted by atomic mass is 28.3. The van der Waals surface area contributed by atoms with Crippen molar-refractivity contribution in [2.45, 2.75) is 58.5 Å². The van der Waals surface area contributed by atoms with E-state index in [2.05, 4.69) is 51.9 Å². The Labute approximate surface area is 91.1 Å². The second-order valence-electron chi connectivity index (χ2n) is 4.29. The van der Waals surface area contributed by atoms with Crippen molar-refractivity contribution in [2.75, 3.05) is 6.54 Å². The number of hydrogen-bond donors (Lipinski definition) is 1. The summed E-state index contributed by atoms with van der Waals surface area (Å²) >= 11 is 0. The average molecular weight is 213 g/mol. The van der Waals surface area contributed by atoms with Crippen LogP contribution in [0.2, 0.25) is 11.1 Å². The van der Waals surface area contributed by atoms with E-state index >= 15 is 0 Å². The summed E-state index contributed by atoms with van der Waals surface area (Å²) in [6.07, 6.45) is 2.52. The zero-order valence-electron chi connectivity index (χ0n) is 10.6. The van der Waals surface area contributed by atoms with Crippen molar-refractivity contribution < 1.29 is 0 Å². The zero-order valence-corrected chi connectivity index (χ0v) is 11.6. The van der Waals surface area contributed by atoms with Crippen molar-refractivity contribution in [3.8, 4) is 0 Å². The van der Waals surface area contributed by atoms with Crippen LogP contribution < -0.4 is 4.98 Å². The van der Waals surface area contributed by atoms with Crippen LogP contribution >= 0.6 is 0 Å². The lowest BCUT2D eigenvalue weighted by atomic mass is 10.3. The lowest BCUT2D eigenvalue weighted by molar-refractivity contribution is 0.721. The molecule has 0 aliphatic rings. The van der Waals surface area contributed by atoms with E-state index in [-0.39, 0.29) is 0 Å². The Bertz CT molecular complexity index is 158. The van der Waals surface area contributed by atoms with Gasteiger partial charge in [0.25, 0.3) is 0 Å². The molecule has 0 amide bonds. The lowest BCUT2D eigenvalue weighted by Crippen LogP contribution is -2.55. The molecule has 2 heteroatoms. The van der Waals surface area contributed by atoms with Crippen LogP contribution in [0, 0.1) is 0 Å². The molecule has 2 atom stereocenters. The van der Waals surface area contributed by atoms with Gasteiger partial charge in [-0.05, 0) is 17.6 Å². The molecule has 0 heterocycles. The largest absolute Gasteiger partial charge is 0.334 e. The van der Waals surface area contributed by atoms with Crippen LogP contribution in [0.1, 0.15) is 47.5 Å². The predicted octanol–water partition coefficient (Wildman–Crippen LogP) is 3.87. The minimum atomic E-state index is -1.46. The molecule has 0 saturated carbocycles. The first-order valence-electron chi connectivity index (χ1n) is 5.97. The molecule has 0 rings (SSSR count). The topological polar surface area (TPSA) is 12.0 Å². The fourth-order valence-electron chi connectivity index (χ4n) is 2.29. The molecular formula is C12H27NSi. The molecule has 0 spiro atoms. The summed E-state index contributed by atoms with van der Waals surface area (Å²) in [5.74, 6) is 0. The van der Waals surface area contributed by atoms with E-state index in [1.165, 1.54) is 12.8 Å². The fraction of sp³-hybridized carbons (Fsp3) is 0.833. The SMILES string of the molecule is C=C[Si](NCC)(C(C)CC)C(C)CC. The Hall–Kier alpha value is -0.0831. The van der Waals surface area contributed by atoms with Crippen molar-refractivity contribution in [2.24, 2.45) is 0 Å². The minimum absolute atomic E-state index is 0.787. The average Bonchev–Trinajstić information content (AvgIpc) is 2.23. The standard InChI is InChI=1S/C12H27NSi/c1-7-11(5)14(10-4,13-9-3)12(6)8-2/h10-13H,4,7-9H2,1-3,5-6H3. The molecule has 14 heavy (non-hydrogen) atoms. The highest BCUT2D eigenvalue weighted by Crippen LogP contribution is 2.35. The van der Waals surface area contributed by atoms with E-state index in [9.17, 15) is 0 Å². The molecule has 0 aliphatic heterocycles. The van der Waals surface area contributed by atoms with Gasteiger partial charge in [-0.3, -0.25) is 0 Å². The summed E-state index contributed by atoms with van der Waals surface area (Å²) in [6.45, 7) is 16.7. The minimum Gasteiger partial charge on any atom is -0.334 e. The van der Waals surface area contributed by atoms with E-state index in [4.69, 9.17) is 0 Å². The van der Waals surface area contributed by atoms with Crippen LogP contribution in [-0.4, -0.2) is 14.8 Å². The van der Waals surface area contributed by atoms with Crippen molar-refractivity contribution in [3.05, 3.63) is 12.3 Å². The van der Waals surface area contributed by atoms with Crippen LogP contribution in [0.25, 0.3) is 0 Å². The maximum Gasteiger partial charge on any atom is 0.155 e. The quantitative estimate of drug-likeness (QED) is 0.633. The molecule has 0 aromatic rings. The van der Waals surface area contributed by atoms with E-state index < -0.39 is 8.24 Å². The van der Waals surface area contributed by atoms with Gasteiger partial charge in [-0.15, -0.1) is 6.58 Å². The van der Waals surface area contributed by atoms with Gasteiger partial charge in [-0.2, -0.15) is 0 Å². The second kappa shape index (κ2) is 6.41. The molecule has 0 bridgehead atoms. The third kappa shape index (κ3) is 2.70. The Morgan fingerprint density at radius 3 is 1.79 bits per heavy atom. The highest BCUT2D eigenvalue weighted by molar-refractivity contribution is 6.84. The molecule has 1 nitrogen and oxygen atoms in total. The van der Waals surface area contributed by atoms with E-state index in [0.29, 0.717) is 0 Å². The van der Waals surface area contributed by atoms with Gasteiger partial charge >= 0.3 is 0 Å². The zero-order chi connectivity index (χ0) is 11.2. The van der Waals surface area contributed by atoms with Gasteiger partial charge in [-0.25, -0.2) is 0 Å². The summed E-state index contributed by atoms with van der Waals surface area (Å²) in [5, 5.41) is 0. The van der Waals surface area contributed by atoms with E-state index in [0.717, 1.165) is 17.6 Å². The van der Waals surface area contributed by atoms with Crippen LogP contribution in [0.3, 0.4) is 0 Å². The maximum atomic E-state index is 4.09. The molecule has 0 radical (unpaired) electrons. The van der Waals surface area contributed by atoms with Gasteiger partial charge in [0, 0.05) is 0 Å². The number of hydrogen-bond acceptors (Lipinski definition) is 1. The Morgan fingerprint density at radius 1 is 1.14 bits per heavy atom. The fourth-order valence-corrected chi connectivity index (χ4v) is 6.87. The van der Waals surface area contributed by atoms with Gasteiger partial charge in [0.2, 0.25) is 0 Å². The maximum absolute atomic E-state index is 4.09. The van der Waals surface area contributed by atoms with Crippen LogP contribution in [-0.2, 0) is 0 Å². The van der Waals surface area contributed by atoms with E-state index in [1.807, 2.05) is 0 Å². The molecular weight excluding hydrogens is 186 g/mol. The normalized spacial score (nSPS) is 19.8. The van der Waals surface area contributed by atoms with Gasteiger partial charge in [0.15, 0.2) is 8.24 Å². The van der Waals surface area contributed by atoms with Crippen molar-refractivity contribution in [1.82, 2.24) is 4.98 Å². The third-order valence-electron chi connectivity index (χ3n) is 3.68. The van der Waals surface area contributed by atoms with Crippen molar-refractivity contribution >= 4 is 8.24 Å². The molecule has 1 N–H and O–H groups in total.